The Bertz CT molecular complexity index is 531. The lowest BCUT2D eigenvalue weighted by Gasteiger charge is -2.14. The number of carbonyl (C=O) groups is 1. The van der Waals surface area contributed by atoms with Crippen LogP contribution in [0.1, 0.15) is 23.0 Å². The molecule has 0 N–H and O–H groups in total. The van der Waals surface area contributed by atoms with E-state index in [0.29, 0.717) is 25.3 Å². The number of Topliss-reactive ketones (excluding diaryl/α,β-unsaturated/α-hetero) is 1. The molecule has 2 rings (SSSR count). The summed E-state index contributed by atoms with van der Waals surface area (Å²) in [6.45, 7) is 3.53. The summed E-state index contributed by atoms with van der Waals surface area (Å²) < 4.78 is 10.6. The van der Waals surface area contributed by atoms with Gasteiger partial charge < -0.3 is 9.15 Å². The molecular weight excluding hydrogens is 254 g/mol. The number of hydrogen-bond donors (Lipinski definition) is 0. The molecule has 0 amide bonds. The highest BCUT2D eigenvalue weighted by atomic mass is 16.5. The molecule has 0 saturated carbocycles. The number of rotatable bonds is 7. The van der Waals surface area contributed by atoms with Gasteiger partial charge in [0, 0.05) is 5.56 Å². The minimum atomic E-state index is 0.0853. The molecule has 1 heterocycles. The smallest absolute Gasteiger partial charge is 0.176 e. The van der Waals surface area contributed by atoms with Crippen LogP contribution in [0, 0.1) is 0 Å². The van der Waals surface area contributed by atoms with Crippen LogP contribution >= 0.6 is 0 Å². The highest BCUT2D eigenvalue weighted by Gasteiger charge is 2.10. The summed E-state index contributed by atoms with van der Waals surface area (Å²) in [6, 6.07) is 11.0. The molecule has 0 fully saturated rings. The summed E-state index contributed by atoms with van der Waals surface area (Å²) in [5.41, 5.74) is 0.694. The topological polar surface area (TPSA) is 42.7 Å². The van der Waals surface area contributed by atoms with Crippen molar-refractivity contribution in [3.05, 3.63) is 54.0 Å². The van der Waals surface area contributed by atoms with Crippen LogP contribution in [-0.4, -0.2) is 30.9 Å². The second-order valence-electron chi connectivity index (χ2n) is 4.63. The molecule has 20 heavy (non-hydrogen) atoms. The van der Waals surface area contributed by atoms with Crippen molar-refractivity contribution in [3.8, 4) is 5.75 Å². The van der Waals surface area contributed by atoms with Crippen LogP contribution < -0.4 is 4.74 Å². The monoisotopic (exact) mass is 273 g/mol. The van der Waals surface area contributed by atoms with Gasteiger partial charge in [0.05, 0.1) is 26.0 Å². The van der Waals surface area contributed by atoms with Crippen LogP contribution in [0.3, 0.4) is 0 Å². The fraction of sp³-hybridized carbons (Fsp3) is 0.312. The summed E-state index contributed by atoms with van der Waals surface area (Å²) in [5, 5.41) is 0. The molecule has 0 radical (unpaired) electrons. The zero-order valence-corrected chi connectivity index (χ0v) is 11.8. The minimum absolute atomic E-state index is 0.0853. The number of ether oxygens (including phenoxy) is 1. The van der Waals surface area contributed by atoms with E-state index in [1.165, 1.54) is 0 Å². The lowest BCUT2D eigenvalue weighted by molar-refractivity contribution is 0.0939. The molecule has 0 bridgehead atoms. The van der Waals surface area contributed by atoms with E-state index in [4.69, 9.17) is 9.15 Å². The molecule has 0 unspecified atom stereocenters. The number of likely N-dealkylation sites (N-methyl/N-ethyl adjacent to an activating group) is 1. The van der Waals surface area contributed by atoms with Crippen LogP contribution in [0.5, 0.6) is 5.75 Å². The summed E-state index contributed by atoms with van der Waals surface area (Å²) in [7, 11) is 1.90. The highest BCUT2D eigenvalue weighted by molar-refractivity contribution is 5.97. The van der Waals surface area contributed by atoms with Gasteiger partial charge in [-0.2, -0.15) is 0 Å². The van der Waals surface area contributed by atoms with Crippen LogP contribution in [0.2, 0.25) is 0 Å². The van der Waals surface area contributed by atoms with Crippen LogP contribution in [-0.2, 0) is 6.54 Å². The fourth-order valence-corrected chi connectivity index (χ4v) is 1.96. The zero-order chi connectivity index (χ0) is 14.4. The Hall–Kier alpha value is -2.07. The molecule has 1 aromatic carbocycles. The van der Waals surface area contributed by atoms with Gasteiger partial charge in [0.1, 0.15) is 11.5 Å². The van der Waals surface area contributed by atoms with Gasteiger partial charge in [-0.1, -0.05) is 0 Å². The molecular formula is C16H19NO3. The Morgan fingerprint density at radius 1 is 1.25 bits per heavy atom. The average molecular weight is 273 g/mol. The zero-order valence-electron chi connectivity index (χ0n) is 11.8. The maximum absolute atomic E-state index is 12.1. The first-order valence-electron chi connectivity index (χ1n) is 6.66. The minimum Gasteiger partial charge on any atom is -0.494 e. The first-order chi connectivity index (χ1) is 9.69. The van der Waals surface area contributed by atoms with E-state index < -0.39 is 0 Å². The molecule has 0 aliphatic heterocycles. The largest absolute Gasteiger partial charge is 0.494 e. The average Bonchev–Trinajstić information content (AvgIpc) is 2.92. The summed E-state index contributed by atoms with van der Waals surface area (Å²) in [4.78, 5) is 14.1. The second-order valence-corrected chi connectivity index (χ2v) is 4.63. The van der Waals surface area contributed by atoms with E-state index in [-0.39, 0.29) is 5.78 Å². The van der Waals surface area contributed by atoms with Crippen molar-refractivity contribution in [2.45, 2.75) is 13.5 Å². The summed E-state index contributed by atoms with van der Waals surface area (Å²) in [6.07, 6.45) is 1.64. The number of hydrogen-bond acceptors (Lipinski definition) is 4. The van der Waals surface area contributed by atoms with Crippen LogP contribution in [0.4, 0.5) is 0 Å². The molecule has 0 aliphatic rings. The Balaban J connectivity index is 1.90. The predicted molar refractivity (Wildman–Crippen MR) is 77.0 cm³/mol. The van der Waals surface area contributed by atoms with Gasteiger partial charge in [0.2, 0.25) is 0 Å². The van der Waals surface area contributed by atoms with Gasteiger partial charge in [-0.3, -0.25) is 9.69 Å². The first kappa shape index (κ1) is 14.3. The molecule has 0 spiro atoms. The van der Waals surface area contributed by atoms with Gasteiger partial charge in [0.15, 0.2) is 5.78 Å². The number of furan rings is 1. The Kier molecular flexibility index (Phi) is 4.96. The second kappa shape index (κ2) is 6.91. The maximum atomic E-state index is 12.1. The van der Waals surface area contributed by atoms with Crippen molar-refractivity contribution in [1.29, 1.82) is 0 Å². The molecule has 4 heteroatoms. The van der Waals surface area contributed by atoms with Gasteiger partial charge in [0.25, 0.3) is 0 Å². The maximum Gasteiger partial charge on any atom is 0.176 e. The molecule has 4 nitrogen and oxygen atoms in total. The van der Waals surface area contributed by atoms with Crippen LogP contribution in [0.15, 0.2) is 47.1 Å². The Morgan fingerprint density at radius 3 is 2.60 bits per heavy atom. The number of nitrogens with zero attached hydrogens (tertiary/aromatic N) is 1. The molecule has 0 aliphatic carbocycles. The Morgan fingerprint density at radius 2 is 2.00 bits per heavy atom. The number of carbonyl (C=O) groups excluding carboxylic acids is 1. The molecule has 106 valence electrons. The van der Waals surface area contributed by atoms with Crippen molar-refractivity contribution in [2.24, 2.45) is 0 Å². The van der Waals surface area contributed by atoms with E-state index >= 15 is 0 Å². The summed E-state index contributed by atoms with van der Waals surface area (Å²) >= 11 is 0. The van der Waals surface area contributed by atoms with Gasteiger partial charge >= 0.3 is 0 Å². The molecule has 2 aromatic rings. The van der Waals surface area contributed by atoms with Gasteiger partial charge in [-0.25, -0.2) is 0 Å². The van der Waals surface area contributed by atoms with Gasteiger partial charge in [-0.15, -0.1) is 0 Å². The van der Waals surface area contributed by atoms with Crippen molar-refractivity contribution >= 4 is 5.78 Å². The lowest BCUT2D eigenvalue weighted by atomic mass is 10.1. The summed E-state index contributed by atoms with van der Waals surface area (Å²) in [5.74, 6) is 1.72. The number of ketones is 1. The third-order valence-corrected chi connectivity index (χ3v) is 2.91. The van der Waals surface area contributed by atoms with Crippen molar-refractivity contribution < 1.29 is 13.9 Å². The highest BCUT2D eigenvalue weighted by Crippen LogP contribution is 2.13. The van der Waals surface area contributed by atoms with Crippen molar-refractivity contribution in [2.75, 3.05) is 20.2 Å². The predicted octanol–water partition coefficient (Wildman–Crippen LogP) is 2.99. The van der Waals surface area contributed by atoms with Crippen molar-refractivity contribution in [3.63, 3.8) is 0 Å². The lowest BCUT2D eigenvalue weighted by Crippen LogP contribution is -2.25. The number of benzene rings is 1. The quantitative estimate of drug-likeness (QED) is 0.727. The molecule has 0 atom stereocenters. The molecule has 1 aromatic heterocycles. The van der Waals surface area contributed by atoms with Gasteiger partial charge in [-0.05, 0) is 50.4 Å². The van der Waals surface area contributed by atoms with Crippen molar-refractivity contribution in [1.82, 2.24) is 4.90 Å². The third kappa shape index (κ3) is 3.96. The van der Waals surface area contributed by atoms with E-state index in [2.05, 4.69) is 0 Å². The SMILES string of the molecule is CCOc1ccc(C(=O)CN(C)Cc2ccco2)cc1. The fourth-order valence-electron chi connectivity index (χ4n) is 1.96. The Labute approximate surface area is 119 Å². The van der Waals surface area contributed by atoms with E-state index in [9.17, 15) is 4.79 Å². The van der Waals surface area contributed by atoms with E-state index in [1.807, 2.05) is 43.1 Å². The normalized spacial score (nSPS) is 10.8. The standard InChI is InChI=1S/C16H19NO3/c1-3-19-14-8-6-13(7-9-14)16(18)12-17(2)11-15-5-4-10-20-15/h4-10H,3,11-12H2,1-2H3. The first-order valence-corrected chi connectivity index (χ1v) is 6.66. The van der Waals surface area contributed by atoms with E-state index in [0.717, 1.165) is 11.5 Å². The third-order valence-electron chi connectivity index (χ3n) is 2.91. The van der Waals surface area contributed by atoms with E-state index in [1.54, 1.807) is 18.4 Å². The van der Waals surface area contributed by atoms with Crippen LogP contribution in [0.25, 0.3) is 0 Å². The molecule has 0 saturated heterocycles.